The van der Waals surface area contributed by atoms with Crippen LogP contribution in [0.15, 0.2) is 138 Å². The number of para-hydroxylation sites is 1. The summed E-state index contributed by atoms with van der Waals surface area (Å²) in [4.78, 5) is 11.5. The first kappa shape index (κ1) is 29.7. The minimum Gasteiger partial charge on any atom is -0.456 e. The third-order valence-electron chi connectivity index (χ3n) is 11.9. The summed E-state index contributed by atoms with van der Waals surface area (Å²) in [7, 11) is 0. The SMILES string of the molecule is [C-]#[N+]c1nc2c(c(C#N)c1N1c3ccc(-c4ccccc4)cc3C(C)(C)c3c1ccc1c3oc3ccccc31)C1c3ccccc3C2c2ccccc21. The van der Waals surface area contributed by atoms with Gasteiger partial charge in [0.15, 0.2) is 0 Å². The van der Waals surface area contributed by atoms with Gasteiger partial charge in [0.2, 0.25) is 0 Å². The highest BCUT2D eigenvalue weighted by Gasteiger charge is 2.48. The molecule has 0 atom stereocenters. The van der Waals surface area contributed by atoms with E-state index < -0.39 is 5.41 Å². The maximum Gasteiger partial charge on any atom is 0.295 e. The van der Waals surface area contributed by atoms with Crippen LogP contribution in [0.1, 0.15) is 75.9 Å². The molecule has 0 spiro atoms. The van der Waals surface area contributed by atoms with Gasteiger partial charge in [-0.05, 0) is 69.3 Å². The average Bonchev–Trinajstić information content (AvgIpc) is 3.59. The summed E-state index contributed by atoms with van der Waals surface area (Å²) in [5, 5.41) is 13.5. The molecule has 3 aliphatic carbocycles. The van der Waals surface area contributed by atoms with Crippen LogP contribution in [0.2, 0.25) is 0 Å². The highest BCUT2D eigenvalue weighted by molar-refractivity contribution is 6.09. The predicted octanol–water partition coefficient (Wildman–Crippen LogP) is 12.2. The second-order valence-electron chi connectivity index (χ2n) is 14.8. The number of rotatable bonds is 2. The molecule has 0 saturated heterocycles. The van der Waals surface area contributed by atoms with E-state index in [4.69, 9.17) is 16.0 Å². The molecule has 4 aliphatic rings. The molecule has 2 bridgehead atoms. The molecule has 0 amide bonds. The van der Waals surface area contributed by atoms with E-state index in [0.717, 1.165) is 66.8 Å². The van der Waals surface area contributed by atoms with Gasteiger partial charge < -0.3 is 14.2 Å². The summed E-state index contributed by atoms with van der Waals surface area (Å²) >= 11 is 0. The van der Waals surface area contributed by atoms with Crippen molar-refractivity contribution in [2.24, 2.45) is 0 Å². The molecule has 53 heavy (non-hydrogen) atoms. The van der Waals surface area contributed by atoms with E-state index in [1.54, 1.807) is 0 Å². The topological polar surface area (TPSA) is 57.4 Å². The lowest BCUT2D eigenvalue weighted by Gasteiger charge is -2.44. The molecule has 12 rings (SSSR count). The molecule has 0 saturated carbocycles. The Balaban J connectivity index is 1.25. The Morgan fingerprint density at radius 3 is 2.06 bits per heavy atom. The first-order valence-electron chi connectivity index (χ1n) is 18.0. The van der Waals surface area contributed by atoms with Crippen molar-refractivity contribution in [3.8, 4) is 17.2 Å². The number of nitriles is 1. The van der Waals surface area contributed by atoms with Gasteiger partial charge in [-0.1, -0.05) is 124 Å². The average molecular weight is 679 g/mol. The van der Waals surface area contributed by atoms with Crippen molar-refractivity contribution < 1.29 is 4.42 Å². The van der Waals surface area contributed by atoms with Gasteiger partial charge in [0.1, 0.15) is 22.9 Å². The predicted molar refractivity (Wildman–Crippen MR) is 210 cm³/mol. The molecule has 0 fully saturated rings. The zero-order valence-corrected chi connectivity index (χ0v) is 29.1. The van der Waals surface area contributed by atoms with Gasteiger partial charge in [-0.2, -0.15) is 5.26 Å². The lowest BCUT2D eigenvalue weighted by atomic mass is 9.61. The molecule has 5 nitrogen and oxygen atoms in total. The van der Waals surface area contributed by atoms with E-state index in [1.807, 2.05) is 24.3 Å². The highest BCUT2D eigenvalue weighted by atomic mass is 16.3. The van der Waals surface area contributed by atoms with Crippen LogP contribution in [-0.2, 0) is 5.41 Å². The van der Waals surface area contributed by atoms with E-state index in [2.05, 4.69) is 139 Å². The number of anilines is 3. The van der Waals surface area contributed by atoms with Crippen LogP contribution < -0.4 is 4.90 Å². The quantitative estimate of drug-likeness (QED) is 0.171. The maximum atomic E-state index is 11.4. The second-order valence-corrected chi connectivity index (χ2v) is 14.8. The zero-order chi connectivity index (χ0) is 35.6. The number of benzene rings is 6. The first-order valence-corrected chi connectivity index (χ1v) is 18.0. The number of hydrogen-bond donors (Lipinski definition) is 0. The Kier molecular flexibility index (Phi) is 5.92. The molecule has 0 radical (unpaired) electrons. The number of hydrogen-bond acceptors (Lipinski definition) is 4. The van der Waals surface area contributed by atoms with Gasteiger partial charge in [0.05, 0.1) is 22.9 Å². The van der Waals surface area contributed by atoms with Crippen LogP contribution in [0.3, 0.4) is 0 Å². The second kappa shape index (κ2) is 10.5. The summed E-state index contributed by atoms with van der Waals surface area (Å²) in [6.45, 7) is 13.1. The Morgan fingerprint density at radius 1 is 0.717 bits per heavy atom. The molecule has 5 heteroatoms. The van der Waals surface area contributed by atoms with Gasteiger partial charge in [-0.25, -0.2) is 0 Å². The van der Waals surface area contributed by atoms with Crippen molar-refractivity contribution in [1.82, 2.24) is 4.98 Å². The Bertz CT molecular complexity index is 2930. The smallest absolute Gasteiger partial charge is 0.295 e. The van der Waals surface area contributed by atoms with Gasteiger partial charge in [0.25, 0.3) is 5.82 Å². The number of aromatic nitrogens is 1. The van der Waals surface area contributed by atoms with Gasteiger partial charge in [-0.3, -0.25) is 0 Å². The van der Waals surface area contributed by atoms with E-state index >= 15 is 0 Å². The van der Waals surface area contributed by atoms with E-state index in [-0.39, 0.29) is 17.7 Å². The van der Waals surface area contributed by atoms with Crippen molar-refractivity contribution >= 4 is 44.8 Å². The van der Waals surface area contributed by atoms with Crippen molar-refractivity contribution in [3.63, 3.8) is 0 Å². The fourth-order valence-electron chi connectivity index (χ4n) is 9.64. The molecule has 0 unspecified atom stereocenters. The highest BCUT2D eigenvalue weighted by Crippen LogP contribution is 2.61. The summed E-state index contributed by atoms with van der Waals surface area (Å²) in [6.07, 6.45) is 0. The van der Waals surface area contributed by atoms with Gasteiger partial charge in [-0.15, -0.1) is 4.98 Å². The lowest BCUT2D eigenvalue weighted by Crippen LogP contribution is -2.33. The molecule has 6 aromatic carbocycles. The Morgan fingerprint density at radius 2 is 1.36 bits per heavy atom. The van der Waals surface area contributed by atoms with Crippen LogP contribution in [0.5, 0.6) is 0 Å². The summed E-state index contributed by atoms with van der Waals surface area (Å²) < 4.78 is 6.75. The third-order valence-corrected chi connectivity index (χ3v) is 11.9. The maximum absolute atomic E-state index is 11.4. The summed E-state index contributed by atoms with van der Waals surface area (Å²) in [6, 6.07) is 49.1. The van der Waals surface area contributed by atoms with Gasteiger partial charge >= 0.3 is 0 Å². The summed E-state index contributed by atoms with van der Waals surface area (Å²) in [5.74, 6) is -0.120. The Hall–Kier alpha value is -6.95. The molecule has 1 aliphatic heterocycles. The number of furan rings is 1. The Labute approximate surface area is 306 Å². The molecule has 8 aromatic rings. The standard InChI is InChI=1S/C48H30N4O/c1-48(2)36-25-28(27-13-5-4-6-14-27)21-23-37(36)52(38-24-22-34-29-15-11-12-20-39(29)53-46(34)43(38)48)45-35(26-49)42-40-30-16-7-9-18-32(30)41(44(42)51-47(45)50-3)33-19-10-8-17-31(33)40/h4-25,40-41H,1-2H3. The number of fused-ring (bicyclic) bond motifs is 6. The van der Waals surface area contributed by atoms with Crippen LogP contribution in [-0.4, -0.2) is 4.98 Å². The van der Waals surface area contributed by atoms with Gasteiger partial charge in [0, 0.05) is 38.9 Å². The molecule has 2 aromatic heterocycles. The largest absolute Gasteiger partial charge is 0.456 e. The van der Waals surface area contributed by atoms with E-state index in [1.165, 1.54) is 22.3 Å². The monoisotopic (exact) mass is 678 g/mol. The van der Waals surface area contributed by atoms with Crippen molar-refractivity contribution in [1.29, 1.82) is 5.26 Å². The molecule has 248 valence electrons. The normalized spacial score (nSPS) is 16.9. The fourth-order valence-corrected chi connectivity index (χ4v) is 9.64. The van der Waals surface area contributed by atoms with Crippen molar-refractivity contribution in [3.05, 3.63) is 195 Å². The van der Waals surface area contributed by atoms with Crippen molar-refractivity contribution in [2.75, 3.05) is 4.90 Å². The lowest BCUT2D eigenvalue weighted by molar-refractivity contribution is 0.602. The van der Waals surface area contributed by atoms with E-state index in [0.29, 0.717) is 11.3 Å². The fraction of sp³-hybridized carbons (Fsp3) is 0.104. The van der Waals surface area contributed by atoms with Crippen LogP contribution in [0, 0.1) is 17.9 Å². The number of nitrogens with zero attached hydrogens (tertiary/aromatic N) is 4. The third kappa shape index (κ3) is 3.81. The minimum atomic E-state index is -0.511. The van der Waals surface area contributed by atoms with Crippen molar-refractivity contribution in [2.45, 2.75) is 31.1 Å². The van der Waals surface area contributed by atoms with Crippen LogP contribution in [0.4, 0.5) is 22.9 Å². The summed E-state index contributed by atoms with van der Waals surface area (Å²) in [5.41, 5.74) is 14.7. The van der Waals surface area contributed by atoms with Crippen LogP contribution in [0.25, 0.3) is 37.9 Å². The van der Waals surface area contributed by atoms with E-state index in [9.17, 15) is 5.26 Å². The molecular weight excluding hydrogens is 649 g/mol. The first-order chi connectivity index (χ1) is 26.0. The minimum absolute atomic E-state index is 0.160. The molecule has 0 N–H and O–H groups in total. The van der Waals surface area contributed by atoms with Crippen LogP contribution >= 0.6 is 0 Å². The zero-order valence-electron chi connectivity index (χ0n) is 29.1. The number of pyridine rings is 1. The molecular formula is C48H30N4O. The molecule has 3 heterocycles.